The van der Waals surface area contributed by atoms with Crippen molar-refractivity contribution >= 4 is 15.9 Å². The fourth-order valence-corrected chi connectivity index (χ4v) is 3.43. The molecule has 0 saturated carbocycles. The van der Waals surface area contributed by atoms with E-state index in [2.05, 4.69) is 55.4 Å². The normalized spacial score (nSPS) is 12.0. The van der Waals surface area contributed by atoms with Crippen LogP contribution in [-0.4, -0.2) is 15.2 Å². The van der Waals surface area contributed by atoms with E-state index in [9.17, 15) is 0 Å². The molecule has 3 aromatic rings. The molecule has 4 heteroatoms. The standard InChI is InChI=1S/C16H12BrN3.C2H6/c17-14-5-1-4-12-11(14)6-7-13-15(19-20-16(12)13)10-3-2-8-18-9-10;1-2/h1-5,8-9H,6-7H2,(H,19,20);1-2H3. The van der Waals surface area contributed by atoms with Crippen molar-refractivity contribution in [2.24, 2.45) is 0 Å². The number of hydrogen-bond donors (Lipinski definition) is 1. The molecule has 0 aliphatic heterocycles. The van der Waals surface area contributed by atoms with E-state index in [1.807, 2.05) is 26.1 Å². The van der Waals surface area contributed by atoms with E-state index in [-0.39, 0.29) is 0 Å². The first-order chi connectivity index (χ1) is 10.8. The molecule has 3 nitrogen and oxygen atoms in total. The van der Waals surface area contributed by atoms with Gasteiger partial charge in [0.05, 0.1) is 11.4 Å². The topological polar surface area (TPSA) is 41.6 Å². The Morgan fingerprint density at radius 3 is 2.64 bits per heavy atom. The predicted molar refractivity (Wildman–Crippen MR) is 93.7 cm³/mol. The highest BCUT2D eigenvalue weighted by Crippen LogP contribution is 2.39. The first kappa shape index (κ1) is 15.0. The average molecular weight is 356 g/mol. The summed E-state index contributed by atoms with van der Waals surface area (Å²) in [6.07, 6.45) is 5.70. The maximum atomic E-state index is 4.52. The quantitative estimate of drug-likeness (QED) is 0.665. The Bertz CT molecular complexity index is 778. The van der Waals surface area contributed by atoms with Crippen molar-refractivity contribution in [3.8, 4) is 22.5 Å². The van der Waals surface area contributed by atoms with E-state index in [4.69, 9.17) is 0 Å². The fraction of sp³-hybridized carbons (Fsp3) is 0.222. The average Bonchev–Trinajstić information content (AvgIpc) is 3.02. The Kier molecular flexibility index (Phi) is 4.39. The third kappa shape index (κ3) is 2.48. The van der Waals surface area contributed by atoms with E-state index >= 15 is 0 Å². The SMILES string of the molecule is Brc1cccc2c1CCc1c(-c3cccnc3)n[nH]c1-2.CC. The fourth-order valence-electron chi connectivity index (χ4n) is 2.87. The smallest absolute Gasteiger partial charge is 0.0974 e. The van der Waals surface area contributed by atoms with Crippen LogP contribution in [0, 0.1) is 0 Å². The number of H-pyrrole nitrogens is 1. The Hall–Kier alpha value is -1.94. The number of aromatic nitrogens is 3. The Labute approximate surface area is 138 Å². The van der Waals surface area contributed by atoms with Crippen molar-refractivity contribution in [3.05, 3.63) is 58.3 Å². The molecule has 1 aromatic carbocycles. The molecule has 22 heavy (non-hydrogen) atoms. The molecule has 1 N–H and O–H groups in total. The van der Waals surface area contributed by atoms with Crippen LogP contribution in [0.5, 0.6) is 0 Å². The highest BCUT2D eigenvalue weighted by molar-refractivity contribution is 9.10. The number of nitrogens with zero attached hydrogens (tertiary/aromatic N) is 2. The van der Waals surface area contributed by atoms with Crippen LogP contribution in [0.1, 0.15) is 25.0 Å². The molecule has 0 atom stereocenters. The van der Waals surface area contributed by atoms with Crippen LogP contribution in [0.15, 0.2) is 47.2 Å². The van der Waals surface area contributed by atoms with Crippen molar-refractivity contribution in [2.75, 3.05) is 0 Å². The van der Waals surface area contributed by atoms with Crippen LogP contribution in [0.3, 0.4) is 0 Å². The molecule has 2 heterocycles. The summed E-state index contributed by atoms with van der Waals surface area (Å²) in [4.78, 5) is 4.19. The van der Waals surface area contributed by atoms with Gasteiger partial charge in [-0.1, -0.05) is 41.9 Å². The van der Waals surface area contributed by atoms with Gasteiger partial charge in [0.15, 0.2) is 0 Å². The van der Waals surface area contributed by atoms with Crippen molar-refractivity contribution < 1.29 is 0 Å². The van der Waals surface area contributed by atoms with Gasteiger partial charge in [-0.3, -0.25) is 10.1 Å². The first-order valence-electron chi connectivity index (χ1n) is 7.60. The number of rotatable bonds is 1. The van der Waals surface area contributed by atoms with E-state index in [0.717, 1.165) is 29.8 Å². The maximum Gasteiger partial charge on any atom is 0.0974 e. The summed E-state index contributed by atoms with van der Waals surface area (Å²) in [7, 11) is 0. The van der Waals surface area contributed by atoms with Gasteiger partial charge in [-0.25, -0.2) is 0 Å². The molecule has 4 rings (SSSR count). The molecule has 0 bridgehead atoms. The van der Waals surface area contributed by atoms with Crippen molar-refractivity contribution in [3.63, 3.8) is 0 Å². The van der Waals surface area contributed by atoms with Crippen LogP contribution in [0.25, 0.3) is 22.5 Å². The lowest BCUT2D eigenvalue weighted by molar-refractivity contribution is 0.937. The molecule has 1 aliphatic rings. The molecule has 0 saturated heterocycles. The lowest BCUT2D eigenvalue weighted by Crippen LogP contribution is -2.04. The second-order valence-electron chi connectivity index (χ2n) is 4.93. The summed E-state index contributed by atoms with van der Waals surface area (Å²) in [5.41, 5.74) is 7.15. The zero-order valence-corrected chi connectivity index (χ0v) is 14.3. The van der Waals surface area contributed by atoms with Gasteiger partial charge in [0, 0.05) is 33.6 Å². The second-order valence-corrected chi connectivity index (χ2v) is 5.79. The summed E-state index contributed by atoms with van der Waals surface area (Å²) in [6.45, 7) is 4.00. The van der Waals surface area contributed by atoms with Crippen LogP contribution < -0.4 is 0 Å². The van der Waals surface area contributed by atoms with Crippen LogP contribution in [0.4, 0.5) is 0 Å². The molecule has 1 aliphatic carbocycles. The summed E-state index contributed by atoms with van der Waals surface area (Å²) in [5.74, 6) is 0. The molecule has 0 amide bonds. The molecule has 0 unspecified atom stereocenters. The van der Waals surface area contributed by atoms with Gasteiger partial charge in [-0.05, 0) is 36.6 Å². The molecule has 112 valence electrons. The summed E-state index contributed by atoms with van der Waals surface area (Å²) in [5, 5.41) is 7.73. The van der Waals surface area contributed by atoms with Crippen LogP contribution in [-0.2, 0) is 12.8 Å². The zero-order chi connectivity index (χ0) is 15.5. The van der Waals surface area contributed by atoms with Crippen molar-refractivity contribution in [1.29, 1.82) is 0 Å². The van der Waals surface area contributed by atoms with Crippen molar-refractivity contribution in [1.82, 2.24) is 15.2 Å². The molecule has 0 radical (unpaired) electrons. The summed E-state index contributed by atoms with van der Waals surface area (Å²) in [6, 6.07) is 10.3. The zero-order valence-electron chi connectivity index (χ0n) is 12.7. The van der Waals surface area contributed by atoms with E-state index in [0.29, 0.717) is 0 Å². The van der Waals surface area contributed by atoms with Gasteiger partial charge in [0.1, 0.15) is 0 Å². The number of hydrogen-bond acceptors (Lipinski definition) is 2. The molecular formula is C18H18BrN3. The van der Waals surface area contributed by atoms with Crippen LogP contribution in [0.2, 0.25) is 0 Å². The van der Waals surface area contributed by atoms with E-state index in [1.165, 1.54) is 21.2 Å². The monoisotopic (exact) mass is 355 g/mol. The number of benzene rings is 1. The van der Waals surface area contributed by atoms with Gasteiger partial charge < -0.3 is 0 Å². The predicted octanol–water partition coefficient (Wildman–Crippen LogP) is 5.03. The lowest BCUT2D eigenvalue weighted by atomic mass is 9.88. The van der Waals surface area contributed by atoms with E-state index in [1.54, 1.807) is 6.20 Å². The molecule has 2 aromatic heterocycles. The number of nitrogens with one attached hydrogen (secondary N) is 1. The van der Waals surface area contributed by atoms with Gasteiger partial charge in [0.25, 0.3) is 0 Å². The van der Waals surface area contributed by atoms with Gasteiger partial charge >= 0.3 is 0 Å². The molecule has 0 fully saturated rings. The summed E-state index contributed by atoms with van der Waals surface area (Å²) < 4.78 is 1.18. The minimum Gasteiger partial charge on any atom is -0.277 e. The minimum absolute atomic E-state index is 1.01. The highest BCUT2D eigenvalue weighted by atomic mass is 79.9. The highest BCUT2D eigenvalue weighted by Gasteiger charge is 2.23. The summed E-state index contributed by atoms with van der Waals surface area (Å²) >= 11 is 3.64. The van der Waals surface area contributed by atoms with Crippen LogP contribution >= 0.6 is 15.9 Å². The number of aromatic amines is 1. The third-order valence-electron chi connectivity index (χ3n) is 3.82. The second kappa shape index (κ2) is 6.44. The largest absolute Gasteiger partial charge is 0.277 e. The number of fused-ring (bicyclic) bond motifs is 3. The van der Waals surface area contributed by atoms with Gasteiger partial charge in [0.2, 0.25) is 0 Å². The lowest BCUT2D eigenvalue weighted by Gasteiger charge is -2.17. The number of halogens is 1. The Morgan fingerprint density at radius 2 is 1.86 bits per heavy atom. The third-order valence-corrected chi connectivity index (χ3v) is 4.56. The Morgan fingerprint density at radius 1 is 1.05 bits per heavy atom. The maximum absolute atomic E-state index is 4.52. The molecular weight excluding hydrogens is 338 g/mol. The van der Waals surface area contributed by atoms with Crippen molar-refractivity contribution in [2.45, 2.75) is 26.7 Å². The number of pyridine rings is 1. The van der Waals surface area contributed by atoms with Gasteiger partial charge in [-0.15, -0.1) is 0 Å². The Balaban J connectivity index is 0.000000693. The first-order valence-corrected chi connectivity index (χ1v) is 8.39. The van der Waals surface area contributed by atoms with E-state index < -0.39 is 0 Å². The van der Waals surface area contributed by atoms with Gasteiger partial charge in [-0.2, -0.15) is 5.10 Å². The minimum atomic E-state index is 1.01. The molecule has 0 spiro atoms.